The molecule has 1 heterocycles. The largest absolute Gasteiger partial charge is 0.507 e. The SMILES string of the molecule is COC(=O)C[C@H](c1ccc(C(=O)O)cc1)c1c(O)cc(C)[nH]c1=O. The molecule has 0 amide bonds. The highest BCUT2D eigenvalue weighted by Crippen LogP contribution is 2.32. The molecule has 0 unspecified atom stereocenters. The predicted molar refractivity (Wildman–Crippen MR) is 85.3 cm³/mol. The third-order valence-corrected chi connectivity index (χ3v) is 3.69. The maximum Gasteiger partial charge on any atom is 0.335 e. The maximum atomic E-state index is 12.3. The van der Waals surface area contributed by atoms with Crippen LogP contribution in [0.5, 0.6) is 5.75 Å². The molecule has 24 heavy (non-hydrogen) atoms. The third kappa shape index (κ3) is 3.62. The monoisotopic (exact) mass is 331 g/mol. The molecule has 0 fully saturated rings. The van der Waals surface area contributed by atoms with E-state index in [-0.39, 0.29) is 23.3 Å². The Morgan fingerprint density at radius 2 is 1.88 bits per heavy atom. The number of benzene rings is 1. The van der Waals surface area contributed by atoms with E-state index in [4.69, 9.17) is 5.11 Å². The van der Waals surface area contributed by atoms with E-state index in [0.29, 0.717) is 11.3 Å². The fraction of sp³-hybridized carbons (Fsp3) is 0.235. The summed E-state index contributed by atoms with van der Waals surface area (Å²) in [6.07, 6.45) is -0.164. The zero-order chi connectivity index (χ0) is 17.9. The molecule has 0 bridgehead atoms. The van der Waals surface area contributed by atoms with Gasteiger partial charge in [-0.3, -0.25) is 9.59 Å². The van der Waals surface area contributed by atoms with Gasteiger partial charge in [0.1, 0.15) is 5.75 Å². The van der Waals surface area contributed by atoms with E-state index < -0.39 is 23.4 Å². The van der Waals surface area contributed by atoms with Crippen LogP contribution in [0.15, 0.2) is 35.1 Å². The molecular formula is C17H17NO6. The highest BCUT2D eigenvalue weighted by Gasteiger charge is 2.25. The molecule has 0 saturated heterocycles. The first kappa shape index (κ1) is 17.3. The molecule has 1 aromatic heterocycles. The summed E-state index contributed by atoms with van der Waals surface area (Å²) in [5.74, 6) is -2.62. The topological polar surface area (TPSA) is 117 Å². The number of hydrogen-bond acceptors (Lipinski definition) is 5. The molecule has 0 saturated carbocycles. The molecule has 3 N–H and O–H groups in total. The van der Waals surface area contributed by atoms with Crippen molar-refractivity contribution < 1.29 is 24.5 Å². The van der Waals surface area contributed by atoms with Crippen LogP contribution in [0.3, 0.4) is 0 Å². The van der Waals surface area contributed by atoms with Crippen LogP contribution in [0.1, 0.15) is 39.5 Å². The first-order valence-electron chi connectivity index (χ1n) is 7.16. The van der Waals surface area contributed by atoms with E-state index in [9.17, 15) is 19.5 Å². The average Bonchev–Trinajstić information content (AvgIpc) is 2.52. The number of carboxylic acids is 1. The fourth-order valence-corrected chi connectivity index (χ4v) is 2.51. The second-order valence-corrected chi connectivity index (χ2v) is 5.34. The minimum Gasteiger partial charge on any atom is -0.507 e. The molecule has 7 heteroatoms. The van der Waals surface area contributed by atoms with Gasteiger partial charge in [0.25, 0.3) is 5.56 Å². The van der Waals surface area contributed by atoms with Crippen molar-refractivity contribution in [2.24, 2.45) is 0 Å². The van der Waals surface area contributed by atoms with Gasteiger partial charge in [-0.15, -0.1) is 0 Å². The van der Waals surface area contributed by atoms with E-state index in [0.717, 1.165) is 0 Å². The van der Waals surface area contributed by atoms with Crippen molar-refractivity contribution in [2.75, 3.05) is 7.11 Å². The number of methoxy groups -OCH3 is 1. The highest BCUT2D eigenvalue weighted by molar-refractivity contribution is 5.87. The number of aromatic carboxylic acids is 1. The van der Waals surface area contributed by atoms with E-state index >= 15 is 0 Å². The van der Waals surface area contributed by atoms with Gasteiger partial charge in [-0.25, -0.2) is 4.79 Å². The zero-order valence-electron chi connectivity index (χ0n) is 13.2. The second kappa shape index (κ2) is 6.99. The number of aromatic amines is 1. The van der Waals surface area contributed by atoms with Crippen LogP contribution in [0.25, 0.3) is 0 Å². The van der Waals surface area contributed by atoms with Crippen LogP contribution in [0.2, 0.25) is 0 Å². The van der Waals surface area contributed by atoms with Gasteiger partial charge in [0.2, 0.25) is 0 Å². The number of nitrogens with one attached hydrogen (secondary N) is 1. The number of carbonyl (C=O) groups is 2. The van der Waals surface area contributed by atoms with Crippen LogP contribution in [0.4, 0.5) is 0 Å². The Labute approximate surface area is 137 Å². The van der Waals surface area contributed by atoms with Gasteiger partial charge < -0.3 is 19.9 Å². The molecule has 2 rings (SSSR count). The van der Waals surface area contributed by atoms with Crippen molar-refractivity contribution in [3.8, 4) is 5.75 Å². The van der Waals surface area contributed by atoms with Crippen molar-refractivity contribution in [3.63, 3.8) is 0 Å². The number of hydrogen-bond donors (Lipinski definition) is 3. The number of aromatic nitrogens is 1. The van der Waals surface area contributed by atoms with E-state index in [2.05, 4.69) is 9.72 Å². The van der Waals surface area contributed by atoms with Gasteiger partial charge in [0.15, 0.2) is 0 Å². The Morgan fingerprint density at radius 1 is 1.25 bits per heavy atom. The molecule has 0 aliphatic heterocycles. The van der Waals surface area contributed by atoms with Crippen LogP contribution in [0, 0.1) is 6.92 Å². The summed E-state index contributed by atoms with van der Waals surface area (Å²) in [5.41, 5.74) is 0.616. The summed E-state index contributed by atoms with van der Waals surface area (Å²) in [6.45, 7) is 1.63. The Morgan fingerprint density at radius 3 is 2.38 bits per heavy atom. The number of carboxylic acid groups (broad SMARTS) is 1. The van der Waals surface area contributed by atoms with Crippen LogP contribution < -0.4 is 5.56 Å². The molecule has 0 aliphatic rings. The summed E-state index contributed by atoms with van der Waals surface area (Å²) >= 11 is 0. The minimum atomic E-state index is -1.08. The first-order valence-corrected chi connectivity index (χ1v) is 7.16. The molecule has 0 spiro atoms. The Balaban J connectivity index is 2.55. The van der Waals surface area contributed by atoms with Gasteiger partial charge >= 0.3 is 11.9 Å². The molecule has 2 aromatic rings. The van der Waals surface area contributed by atoms with E-state index in [1.54, 1.807) is 6.92 Å². The van der Waals surface area contributed by atoms with Gasteiger partial charge in [-0.1, -0.05) is 12.1 Å². The molecule has 7 nitrogen and oxygen atoms in total. The highest BCUT2D eigenvalue weighted by atomic mass is 16.5. The summed E-state index contributed by atoms with van der Waals surface area (Å²) in [7, 11) is 1.23. The van der Waals surface area contributed by atoms with Crippen molar-refractivity contribution in [2.45, 2.75) is 19.3 Å². The third-order valence-electron chi connectivity index (χ3n) is 3.69. The first-order chi connectivity index (χ1) is 11.3. The van der Waals surface area contributed by atoms with Crippen molar-refractivity contribution in [3.05, 3.63) is 63.1 Å². The van der Waals surface area contributed by atoms with Gasteiger partial charge in [0.05, 0.1) is 24.7 Å². The van der Waals surface area contributed by atoms with Crippen LogP contribution in [-0.4, -0.2) is 34.2 Å². The Bertz CT molecular complexity index is 822. The van der Waals surface area contributed by atoms with Gasteiger partial charge in [-0.05, 0) is 30.7 Å². The molecule has 1 aromatic carbocycles. The zero-order valence-corrected chi connectivity index (χ0v) is 13.2. The average molecular weight is 331 g/mol. The summed E-state index contributed by atoms with van der Waals surface area (Å²) in [4.78, 5) is 37.5. The smallest absolute Gasteiger partial charge is 0.335 e. The Hall–Kier alpha value is -3.09. The number of esters is 1. The van der Waals surface area contributed by atoms with E-state index in [1.807, 2.05) is 0 Å². The number of H-pyrrole nitrogens is 1. The summed E-state index contributed by atoms with van der Waals surface area (Å²) < 4.78 is 4.66. The number of rotatable bonds is 5. The van der Waals surface area contributed by atoms with Crippen molar-refractivity contribution in [1.29, 1.82) is 0 Å². The van der Waals surface area contributed by atoms with Gasteiger partial charge in [-0.2, -0.15) is 0 Å². The molecule has 126 valence electrons. The standard InChI is InChI=1S/C17H17NO6/c1-9-7-13(19)15(16(21)18-9)12(8-14(20)24-2)10-3-5-11(6-4-10)17(22)23/h3-7,12H,8H2,1-2H3,(H,22,23)(H2,18,19,21)/t12-/m1/s1. The van der Waals surface area contributed by atoms with Crippen LogP contribution >= 0.6 is 0 Å². The second-order valence-electron chi connectivity index (χ2n) is 5.34. The summed E-state index contributed by atoms with van der Waals surface area (Å²) in [5, 5.41) is 19.1. The summed E-state index contributed by atoms with van der Waals surface area (Å²) in [6, 6.07) is 7.17. The molecule has 1 atom stereocenters. The number of aryl methyl sites for hydroxylation is 1. The number of ether oxygens (including phenoxy) is 1. The lowest BCUT2D eigenvalue weighted by Gasteiger charge is -2.17. The van der Waals surface area contributed by atoms with E-state index in [1.165, 1.54) is 37.4 Å². The predicted octanol–water partition coefficient (Wildman–Crippen LogP) is 1.78. The lowest BCUT2D eigenvalue weighted by molar-refractivity contribution is -0.140. The molecular weight excluding hydrogens is 314 g/mol. The number of aromatic hydroxyl groups is 1. The number of pyridine rings is 1. The molecule has 0 aliphatic carbocycles. The van der Waals surface area contributed by atoms with Crippen molar-refractivity contribution in [1.82, 2.24) is 4.98 Å². The lowest BCUT2D eigenvalue weighted by atomic mass is 9.88. The fourth-order valence-electron chi connectivity index (χ4n) is 2.51. The van der Waals surface area contributed by atoms with Crippen LogP contribution in [-0.2, 0) is 9.53 Å². The molecule has 0 radical (unpaired) electrons. The lowest BCUT2D eigenvalue weighted by Crippen LogP contribution is -2.21. The minimum absolute atomic E-state index is 0.0362. The Kier molecular flexibility index (Phi) is 5.03. The van der Waals surface area contributed by atoms with Crippen molar-refractivity contribution >= 4 is 11.9 Å². The quantitative estimate of drug-likeness (QED) is 0.719. The maximum absolute atomic E-state index is 12.3. The van der Waals surface area contributed by atoms with Gasteiger partial charge in [0, 0.05) is 11.6 Å². The normalized spacial score (nSPS) is 11.8. The number of carbonyl (C=O) groups excluding carboxylic acids is 1.